The van der Waals surface area contributed by atoms with Crippen molar-refractivity contribution >= 4 is 11.4 Å². The zero-order valence-corrected chi connectivity index (χ0v) is 19.2. The number of rotatable bonds is 10. The Kier molecular flexibility index (Phi) is 6.99. The first-order chi connectivity index (χ1) is 16.2. The Labute approximate surface area is 193 Å². The summed E-state index contributed by atoms with van der Waals surface area (Å²) in [6.07, 6.45) is 7.75. The van der Waals surface area contributed by atoms with Crippen LogP contribution in [0, 0.1) is 0 Å². The van der Waals surface area contributed by atoms with E-state index in [9.17, 15) is 4.79 Å². The van der Waals surface area contributed by atoms with E-state index in [0.717, 1.165) is 43.2 Å². The lowest BCUT2D eigenvalue weighted by molar-refractivity contribution is 0.0949. The fraction of sp³-hybridized carbons (Fsp3) is 0.333. The number of amides is 1. The van der Waals surface area contributed by atoms with Gasteiger partial charge in [0.05, 0.1) is 30.7 Å². The van der Waals surface area contributed by atoms with Gasteiger partial charge in [0, 0.05) is 18.9 Å². The predicted molar refractivity (Wildman–Crippen MR) is 127 cm³/mol. The number of aromatic nitrogens is 5. The highest BCUT2D eigenvalue weighted by Gasteiger charge is 2.21. The lowest BCUT2D eigenvalue weighted by atomic mass is 10.3. The number of nitrogens with one attached hydrogen (secondary N) is 1. The number of nitrogens with zero attached hydrogens (tertiary/aromatic N) is 6. The molecule has 0 aliphatic heterocycles. The van der Waals surface area contributed by atoms with Crippen molar-refractivity contribution < 1.29 is 9.53 Å². The first kappa shape index (κ1) is 22.5. The van der Waals surface area contributed by atoms with Crippen LogP contribution in [0.4, 0.5) is 0 Å². The maximum atomic E-state index is 13.0. The highest BCUT2D eigenvalue weighted by Crippen LogP contribution is 2.25. The van der Waals surface area contributed by atoms with Gasteiger partial charge in [0.15, 0.2) is 11.5 Å². The molecule has 4 rings (SSSR count). The smallest absolute Gasteiger partial charge is 0.272 e. The average molecular weight is 448 g/mol. The average Bonchev–Trinajstić information content (AvgIpc) is 3.49. The molecule has 0 atom stereocenters. The van der Waals surface area contributed by atoms with Gasteiger partial charge in [-0.25, -0.2) is 9.67 Å². The van der Waals surface area contributed by atoms with Crippen molar-refractivity contribution in [2.24, 2.45) is 0 Å². The summed E-state index contributed by atoms with van der Waals surface area (Å²) in [6, 6.07) is 9.49. The second kappa shape index (κ2) is 10.3. The molecule has 0 spiro atoms. The molecule has 0 aliphatic carbocycles. The van der Waals surface area contributed by atoms with Gasteiger partial charge in [0.2, 0.25) is 0 Å². The fourth-order valence-corrected chi connectivity index (χ4v) is 3.82. The van der Waals surface area contributed by atoms with E-state index >= 15 is 0 Å². The number of methoxy groups -OCH3 is 1. The van der Waals surface area contributed by atoms with E-state index in [0.29, 0.717) is 23.6 Å². The van der Waals surface area contributed by atoms with Crippen molar-refractivity contribution in [2.45, 2.75) is 20.3 Å². The molecule has 0 fully saturated rings. The molecule has 1 N–H and O–H groups in total. The van der Waals surface area contributed by atoms with E-state index in [2.05, 4.69) is 34.1 Å². The molecule has 0 saturated carbocycles. The predicted octanol–water partition coefficient (Wildman–Crippen LogP) is 3.05. The number of imidazole rings is 1. The first-order valence-corrected chi connectivity index (χ1v) is 11.2. The standard InChI is InChI=1S/C24H29N7O2/c1-4-29(5-2)15-6-12-26-24(32)22-21-17-25-14-16-30(21)23(28-22)20-11-13-27-31(20)18-7-9-19(33-3)10-8-18/h7-11,13-14,16-17H,4-6,12,15H2,1-3H3,(H,26,32). The Bertz CT molecular complexity index is 1210. The van der Waals surface area contributed by atoms with Gasteiger partial charge in [-0.3, -0.25) is 14.2 Å². The van der Waals surface area contributed by atoms with Crippen LogP contribution in [0.25, 0.3) is 22.7 Å². The molecular weight excluding hydrogens is 418 g/mol. The molecule has 1 amide bonds. The molecule has 4 aromatic rings. The monoisotopic (exact) mass is 447 g/mol. The van der Waals surface area contributed by atoms with Crippen LogP contribution in [0.3, 0.4) is 0 Å². The number of benzene rings is 1. The van der Waals surface area contributed by atoms with Crippen LogP contribution in [0.1, 0.15) is 30.8 Å². The largest absolute Gasteiger partial charge is 0.497 e. The Morgan fingerprint density at radius 3 is 2.64 bits per heavy atom. The van der Waals surface area contributed by atoms with Crippen molar-refractivity contribution in [3.8, 4) is 23.0 Å². The van der Waals surface area contributed by atoms with Gasteiger partial charge >= 0.3 is 0 Å². The van der Waals surface area contributed by atoms with E-state index in [1.165, 1.54) is 0 Å². The lowest BCUT2D eigenvalue weighted by Crippen LogP contribution is -2.30. The topological polar surface area (TPSA) is 89.6 Å². The summed E-state index contributed by atoms with van der Waals surface area (Å²) < 4.78 is 8.92. The zero-order chi connectivity index (χ0) is 23.2. The summed E-state index contributed by atoms with van der Waals surface area (Å²) in [5.74, 6) is 1.18. The number of ether oxygens (including phenoxy) is 1. The Morgan fingerprint density at radius 2 is 1.91 bits per heavy atom. The molecular formula is C24H29N7O2. The number of carbonyl (C=O) groups is 1. The maximum absolute atomic E-state index is 13.0. The maximum Gasteiger partial charge on any atom is 0.272 e. The Hall–Kier alpha value is -3.72. The van der Waals surface area contributed by atoms with Gasteiger partial charge < -0.3 is 15.0 Å². The van der Waals surface area contributed by atoms with Crippen LogP contribution in [-0.2, 0) is 0 Å². The van der Waals surface area contributed by atoms with Crippen molar-refractivity contribution in [3.63, 3.8) is 0 Å². The van der Waals surface area contributed by atoms with Crippen molar-refractivity contribution in [1.82, 2.24) is 34.4 Å². The molecule has 0 aliphatic rings. The van der Waals surface area contributed by atoms with Gasteiger partial charge in [0.1, 0.15) is 11.4 Å². The van der Waals surface area contributed by atoms with E-state index in [1.807, 2.05) is 34.7 Å². The summed E-state index contributed by atoms with van der Waals surface area (Å²) in [4.78, 5) is 24.2. The fourth-order valence-electron chi connectivity index (χ4n) is 3.82. The first-order valence-electron chi connectivity index (χ1n) is 11.2. The van der Waals surface area contributed by atoms with Crippen LogP contribution < -0.4 is 10.1 Å². The van der Waals surface area contributed by atoms with Crippen LogP contribution in [0.2, 0.25) is 0 Å². The minimum absolute atomic E-state index is 0.207. The zero-order valence-electron chi connectivity index (χ0n) is 19.2. The van der Waals surface area contributed by atoms with Gasteiger partial charge in [-0.1, -0.05) is 13.8 Å². The minimum Gasteiger partial charge on any atom is -0.497 e. The second-order valence-electron chi connectivity index (χ2n) is 7.58. The summed E-state index contributed by atoms with van der Waals surface area (Å²) in [7, 11) is 1.63. The molecule has 33 heavy (non-hydrogen) atoms. The Morgan fingerprint density at radius 1 is 1.12 bits per heavy atom. The molecule has 172 valence electrons. The van der Waals surface area contributed by atoms with Crippen molar-refractivity contribution in [3.05, 3.63) is 60.8 Å². The molecule has 1 aromatic carbocycles. The summed E-state index contributed by atoms with van der Waals surface area (Å²) in [5, 5.41) is 7.48. The van der Waals surface area contributed by atoms with Gasteiger partial charge in [-0.15, -0.1) is 0 Å². The van der Waals surface area contributed by atoms with Crippen molar-refractivity contribution in [1.29, 1.82) is 0 Å². The van der Waals surface area contributed by atoms with Crippen molar-refractivity contribution in [2.75, 3.05) is 33.3 Å². The third kappa shape index (κ3) is 4.73. The molecule has 0 bridgehead atoms. The second-order valence-corrected chi connectivity index (χ2v) is 7.58. The molecule has 0 radical (unpaired) electrons. The van der Waals surface area contributed by atoms with Crippen LogP contribution >= 0.6 is 0 Å². The molecule has 0 unspecified atom stereocenters. The SMILES string of the molecule is CCN(CC)CCCNC(=O)c1nc(-c2ccnn2-c2ccc(OC)cc2)n2ccncc12. The highest BCUT2D eigenvalue weighted by molar-refractivity contribution is 5.99. The normalized spacial score (nSPS) is 11.3. The summed E-state index contributed by atoms with van der Waals surface area (Å²) >= 11 is 0. The Balaban J connectivity index is 1.61. The highest BCUT2D eigenvalue weighted by atomic mass is 16.5. The van der Waals surface area contributed by atoms with Gasteiger partial charge in [-0.05, 0) is 56.4 Å². The summed E-state index contributed by atoms with van der Waals surface area (Å²) in [5.41, 5.74) is 2.63. The third-order valence-electron chi connectivity index (χ3n) is 5.68. The van der Waals surface area contributed by atoms with E-state index < -0.39 is 0 Å². The van der Waals surface area contributed by atoms with E-state index in [4.69, 9.17) is 9.72 Å². The quantitative estimate of drug-likeness (QED) is 0.376. The number of hydrogen-bond donors (Lipinski definition) is 1. The molecule has 3 aromatic heterocycles. The van der Waals surface area contributed by atoms with Gasteiger partial charge in [0.25, 0.3) is 5.91 Å². The van der Waals surface area contributed by atoms with Crippen LogP contribution in [-0.4, -0.2) is 68.2 Å². The summed E-state index contributed by atoms with van der Waals surface area (Å²) in [6.45, 7) is 7.84. The molecule has 9 nitrogen and oxygen atoms in total. The minimum atomic E-state index is -0.207. The molecule has 0 saturated heterocycles. The van der Waals surface area contributed by atoms with E-state index in [-0.39, 0.29) is 5.91 Å². The number of fused-ring (bicyclic) bond motifs is 1. The van der Waals surface area contributed by atoms with Crippen LogP contribution in [0.5, 0.6) is 5.75 Å². The van der Waals surface area contributed by atoms with E-state index in [1.54, 1.807) is 36.6 Å². The number of carbonyl (C=O) groups excluding carboxylic acids is 1. The molecule has 3 heterocycles. The van der Waals surface area contributed by atoms with Gasteiger partial charge in [-0.2, -0.15) is 5.10 Å². The third-order valence-corrected chi connectivity index (χ3v) is 5.68. The van der Waals surface area contributed by atoms with Crippen LogP contribution in [0.15, 0.2) is 55.1 Å². The number of hydrogen-bond acceptors (Lipinski definition) is 6. The lowest BCUT2D eigenvalue weighted by Gasteiger charge is -2.17. The molecule has 9 heteroatoms.